The molecule has 0 atom stereocenters. The molecule has 0 saturated carbocycles. The molecule has 0 fully saturated rings. The summed E-state index contributed by atoms with van der Waals surface area (Å²) in [5.74, 6) is -0.0938. The highest BCUT2D eigenvalue weighted by molar-refractivity contribution is 5.69. The van der Waals surface area contributed by atoms with Crippen LogP contribution in [0, 0.1) is 0 Å². The van der Waals surface area contributed by atoms with E-state index in [2.05, 4.69) is 0 Å². The predicted molar refractivity (Wildman–Crippen MR) is 38.9 cm³/mol. The summed E-state index contributed by atoms with van der Waals surface area (Å²) in [6, 6.07) is 0. The fourth-order valence-electron chi connectivity index (χ4n) is 0.585. The van der Waals surface area contributed by atoms with Gasteiger partial charge in [0.25, 0.3) is 0 Å². The van der Waals surface area contributed by atoms with Gasteiger partial charge in [0.2, 0.25) is 0 Å². The van der Waals surface area contributed by atoms with Gasteiger partial charge in [-0.2, -0.15) is 0 Å². The second-order valence-corrected chi connectivity index (χ2v) is 2.51. The molecule has 0 bridgehead atoms. The number of quaternary nitrogens is 1. The van der Waals surface area contributed by atoms with E-state index < -0.39 is 0 Å². The van der Waals surface area contributed by atoms with Crippen molar-refractivity contribution in [1.82, 2.24) is 0 Å². The van der Waals surface area contributed by atoms with E-state index in [4.69, 9.17) is 4.74 Å². The van der Waals surface area contributed by atoms with Crippen molar-refractivity contribution in [3.63, 3.8) is 0 Å². The number of esters is 1. The minimum Gasteiger partial charge on any atom is -0.466 e. The van der Waals surface area contributed by atoms with Crippen molar-refractivity contribution in [2.75, 3.05) is 27.2 Å². The molecular weight excluding hydrogens is 130 g/mol. The number of carbonyl (C=O) groups is 1. The quantitative estimate of drug-likeness (QED) is 0.520. The van der Waals surface area contributed by atoms with Gasteiger partial charge in [-0.1, -0.05) is 0 Å². The largest absolute Gasteiger partial charge is 0.466 e. The zero-order valence-corrected chi connectivity index (χ0v) is 6.94. The van der Waals surface area contributed by atoms with Crippen molar-refractivity contribution in [2.45, 2.75) is 13.3 Å². The predicted octanol–water partition coefficient (Wildman–Crippen LogP) is -0.916. The molecule has 0 spiro atoms. The summed E-state index contributed by atoms with van der Waals surface area (Å²) < 4.78 is 4.74. The summed E-state index contributed by atoms with van der Waals surface area (Å²) in [4.78, 5) is 12.0. The van der Waals surface area contributed by atoms with Crippen LogP contribution >= 0.6 is 0 Å². The van der Waals surface area contributed by atoms with E-state index >= 15 is 0 Å². The number of hydrogen-bond acceptors (Lipinski definition) is 2. The van der Waals surface area contributed by atoms with Crippen molar-refractivity contribution in [2.24, 2.45) is 0 Å². The van der Waals surface area contributed by atoms with E-state index in [-0.39, 0.29) is 5.97 Å². The summed E-state index contributed by atoms with van der Waals surface area (Å²) in [5.41, 5.74) is 0. The zero-order chi connectivity index (χ0) is 7.98. The van der Waals surface area contributed by atoms with Gasteiger partial charge >= 0.3 is 5.97 Å². The van der Waals surface area contributed by atoms with E-state index in [9.17, 15) is 4.79 Å². The first-order valence-electron chi connectivity index (χ1n) is 3.61. The average molecular weight is 146 g/mol. The van der Waals surface area contributed by atoms with E-state index in [0.29, 0.717) is 13.0 Å². The Hall–Kier alpha value is -0.570. The van der Waals surface area contributed by atoms with Crippen LogP contribution in [0.25, 0.3) is 0 Å². The Morgan fingerprint density at radius 2 is 2.10 bits per heavy atom. The fourth-order valence-corrected chi connectivity index (χ4v) is 0.585. The lowest BCUT2D eigenvalue weighted by molar-refractivity contribution is -0.857. The maximum atomic E-state index is 10.7. The molecule has 3 heteroatoms. The number of rotatable bonds is 4. The van der Waals surface area contributed by atoms with Gasteiger partial charge in [-0.3, -0.25) is 4.79 Å². The van der Waals surface area contributed by atoms with Gasteiger partial charge in [0.05, 0.1) is 33.7 Å². The molecule has 60 valence electrons. The smallest absolute Gasteiger partial charge is 0.311 e. The molecule has 0 heterocycles. The first-order valence-corrected chi connectivity index (χ1v) is 3.61. The summed E-state index contributed by atoms with van der Waals surface area (Å²) >= 11 is 0. The van der Waals surface area contributed by atoms with Gasteiger partial charge in [-0.05, 0) is 6.92 Å². The average Bonchev–Trinajstić information content (AvgIpc) is 1.85. The molecule has 3 nitrogen and oxygen atoms in total. The Bertz CT molecular complexity index is 102. The molecule has 0 aliphatic carbocycles. The third-order valence-electron chi connectivity index (χ3n) is 1.13. The molecule has 0 aliphatic heterocycles. The van der Waals surface area contributed by atoms with Crippen LogP contribution in [0.15, 0.2) is 0 Å². The summed E-state index contributed by atoms with van der Waals surface area (Å²) in [6.45, 7) is 3.15. The second kappa shape index (κ2) is 5.23. The van der Waals surface area contributed by atoms with Gasteiger partial charge < -0.3 is 9.64 Å². The molecule has 0 aromatic rings. The Morgan fingerprint density at radius 1 is 1.50 bits per heavy atom. The van der Waals surface area contributed by atoms with Gasteiger partial charge in [0.1, 0.15) is 0 Å². The zero-order valence-electron chi connectivity index (χ0n) is 6.94. The molecule has 0 saturated heterocycles. The van der Waals surface area contributed by atoms with E-state index in [0.717, 1.165) is 6.54 Å². The van der Waals surface area contributed by atoms with Gasteiger partial charge in [-0.15, -0.1) is 0 Å². The lowest BCUT2D eigenvalue weighted by Crippen LogP contribution is -3.05. The van der Waals surface area contributed by atoms with Crippen LogP contribution in [-0.2, 0) is 9.53 Å². The van der Waals surface area contributed by atoms with Crippen LogP contribution in [-0.4, -0.2) is 33.2 Å². The van der Waals surface area contributed by atoms with Crippen LogP contribution in [0.5, 0.6) is 0 Å². The first-order chi connectivity index (χ1) is 4.66. The van der Waals surface area contributed by atoms with Crippen molar-refractivity contribution in [3.8, 4) is 0 Å². The molecule has 0 aromatic carbocycles. The third kappa shape index (κ3) is 5.56. The van der Waals surface area contributed by atoms with E-state index in [1.165, 1.54) is 4.90 Å². The standard InChI is InChI=1S/C7H15NO2/c1-4-10-7(9)5-6-8(2)3/h4-6H2,1-3H3/p+1. The Morgan fingerprint density at radius 3 is 2.50 bits per heavy atom. The molecule has 0 amide bonds. The summed E-state index contributed by atoms with van der Waals surface area (Å²) in [5, 5.41) is 0. The Balaban J connectivity index is 3.22. The van der Waals surface area contributed by atoms with Gasteiger partial charge in [-0.25, -0.2) is 0 Å². The minimum absolute atomic E-state index is 0.0938. The lowest BCUT2D eigenvalue weighted by Gasteiger charge is -2.05. The maximum Gasteiger partial charge on any atom is 0.311 e. The second-order valence-electron chi connectivity index (χ2n) is 2.51. The summed E-state index contributed by atoms with van der Waals surface area (Å²) in [6.07, 6.45) is 0.524. The highest BCUT2D eigenvalue weighted by Gasteiger charge is 2.02. The van der Waals surface area contributed by atoms with E-state index in [1.807, 2.05) is 21.0 Å². The van der Waals surface area contributed by atoms with Crippen LogP contribution in [0.2, 0.25) is 0 Å². The molecule has 0 aliphatic rings. The molecule has 1 N–H and O–H groups in total. The van der Waals surface area contributed by atoms with E-state index in [1.54, 1.807) is 0 Å². The van der Waals surface area contributed by atoms with Gasteiger partial charge in [0, 0.05) is 0 Å². The maximum absolute atomic E-state index is 10.7. The van der Waals surface area contributed by atoms with Crippen LogP contribution in [0.4, 0.5) is 0 Å². The van der Waals surface area contributed by atoms with Crippen molar-refractivity contribution in [1.29, 1.82) is 0 Å². The van der Waals surface area contributed by atoms with Crippen molar-refractivity contribution >= 4 is 5.97 Å². The fraction of sp³-hybridized carbons (Fsp3) is 0.857. The number of carbonyl (C=O) groups excluding carboxylic acids is 1. The monoisotopic (exact) mass is 146 g/mol. The van der Waals surface area contributed by atoms with Gasteiger partial charge in [0.15, 0.2) is 0 Å². The SMILES string of the molecule is CCOC(=O)CC[NH+](C)C. The number of ether oxygens (including phenoxy) is 1. The molecule has 0 radical (unpaired) electrons. The Labute approximate surface area is 62.0 Å². The van der Waals surface area contributed by atoms with Crippen LogP contribution in [0.3, 0.4) is 0 Å². The highest BCUT2D eigenvalue weighted by Crippen LogP contribution is 1.80. The van der Waals surface area contributed by atoms with Crippen LogP contribution in [0.1, 0.15) is 13.3 Å². The molecular formula is C7H16NO2+. The van der Waals surface area contributed by atoms with Crippen LogP contribution < -0.4 is 4.90 Å². The highest BCUT2D eigenvalue weighted by atomic mass is 16.5. The topological polar surface area (TPSA) is 30.7 Å². The first kappa shape index (κ1) is 9.43. The molecule has 0 aromatic heterocycles. The molecule has 0 unspecified atom stereocenters. The summed E-state index contributed by atoms with van der Waals surface area (Å²) in [7, 11) is 4.03. The number of nitrogens with one attached hydrogen (secondary N) is 1. The Kier molecular flexibility index (Phi) is 4.94. The molecule has 10 heavy (non-hydrogen) atoms. The van der Waals surface area contributed by atoms with Crippen molar-refractivity contribution < 1.29 is 14.4 Å². The third-order valence-corrected chi connectivity index (χ3v) is 1.13. The lowest BCUT2D eigenvalue weighted by atomic mass is 10.4. The van der Waals surface area contributed by atoms with Crippen molar-refractivity contribution in [3.05, 3.63) is 0 Å². The molecule has 0 rings (SSSR count). The normalized spacial score (nSPS) is 10.0. The minimum atomic E-state index is -0.0938. The number of hydrogen-bond donors (Lipinski definition) is 1.